The molecule has 3 heteroatoms. The van der Waals surface area contributed by atoms with Crippen LogP contribution in [0.3, 0.4) is 0 Å². The van der Waals surface area contributed by atoms with E-state index in [2.05, 4.69) is 33.9 Å². The molecule has 0 saturated heterocycles. The van der Waals surface area contributed by atoms with E-state index in [0.717, 1.165) is 25.5 Å². The molecule has 0 spiro atoms. The summed E-state index contributed by atoms with van der Waals surface area (Å²) in [7, 11) is -1.63. The molecule has 0 aromatic heterocycles. The topological polar surface area (TPSA) is 26.3 Å². The Labute approximate surface area is 94.5 Å². The minimum Gasteiger partial charge on any atom is -0.414 e. The van der Waals surface area contributed by atoms with Crippen LogP contribution in [0.25, 0.3) is 0 Å². The summed E-state index contributed by atoms with van der Waals surface area (Å²) in [5, 5.41) is 0.270. The number of carbonyl (C=O) groups excluding carboxylic acids is 1. The maximum absolute atomic E-state index is 10.7. The lowest BCUT2D eigenvalue weighted by Crippen LogP contribution is -2.43. The molecule has 2 nitrogen and oxygen atoms in total. The number of rotatable bonds is 3. The predicted octanol–water partition coefficient (Wildman–Crippen LogP) is 3.38. The van der Waals surface area contributed by atoms with E-state index in [0.29, 0.717) is 6.10 Å². The van der Waals surface area contributed by atoms with Crippen LogP contribution in [-0.2, 0) is 9.22 Å². The first-order valence-electron chi connectivity index (χ1n) is 5.89. The Hall–Kier alpha value is -0.153. The molecule has 2 atom stereocenters. The highest BCUT2D eigenvalue weighted by atomic mass is 28.4. The van der Waals surface area contributed by atoms with Gasteiger partial charge in [0.05, 0.1) is 0 Å². The van der Waals surface area contributed by atoms with Gasteiger partial charge < -0.3 is 9.22 Å². The van der Waals surface area contributed by atoms with Gasteiger partial charge in [0.1, 0.15) is 6.29 Å². The summed E-state index contributed by atoms with van der Waals surface area (Å²) < 4.78 is 6.28. The standard InChI is InChI=1S/C12H24O2Si/c1-12(2,3)15(4,5)14-11-7-6-10(8-11)9-13/h9-11H,6-8H2,1-5H3. The molecule has 15 heavy (non-hydrogen) atoms. The second-order valence-corrected chi connectivity index (χ2v) is 11.0. The third-order valence-electron chi connectivity index (χ3n) is 3.89. The summed E-state index contributed by atoms with van der Waals surface area (Å²) in [4.78, 5) is 10.7. The first kappa shape index (κ1) is 12.9. The van der Waals surface area contributed by atoms with Crippen molar-refractivity contribution in [3.05, 3.63) is 0 Å². The van der Waals surface area contributed by atoms with Crippen LogP contribution in [0, 0.1) is 5.92 Å². The molecule has 0 heterocycles. The van der Waals surface area contributed by atoms with Crippen LogP contribution < -0.4 is 0 Å². The van der Waals surface area contributed by atoms with Gasteiger partial charge in [-0.3, -0.25) is 0 Å². The number of carbonyl (C=O) groups is 1. The lowest BCUT2D eigenvalue weighted by atomic mass is 10.1. The average Bonchev–Trinajstić information content (AvgIpc) is 2.49. The van der Waals surface area contributed by atoms with Gasteiger partial charge in [0.25, 0.3) is 0 Å². The lowest BCUT2D eigenvalue weighted by Gasteiger charge is -2.38. The maximum atomic E-state index is 10.7. The second kappa shape index (κ2) is 4.38. The van der Waals surface area contributed by atoms with Crippen molar-refractivity contribution < 1.29 is 9.22 Å². The fourth-order valence-electron chi connectivity index (χ4n) is 1.80. The zero-order chi connectivity index (χ0) is 11.7. The van der Waals surface area contributed by atoms with Gasteiger partial charge in [-0.1, -0.05) is 20.8 Å². The van der Waals surface area contributed by atoms with Gasteiger partial charge in [0, 0.05) is 12.0 Å². The van der Waals surface area contributed by atoms with E-state index in [1.807, 2.05) is 0 Å². The van der Waals surface area contributed by atoms with Crippen molar-refractivity contribution in [3.63, 3.8) is 0 Å². The number of hydrogen-bond acceptors (Lipinski definition) is 2. The summed E-state index contributed by atoms with van der Waals surface area (Å²) in [5.41, 5.74) is 0. The van der Waals surface area contributed by atoms with Crippen molar-refractivity contribution >= 4 is 14.6 Å². The van der Waals surface area contributed by atoms with E-state index in [9.17, 15) is 4.79 Å². The van der Waals surface area contributed by atoms with Crippen molar-refractivity contribution in [1.82, 2.24) is 0 Å². The molecule has 1 aliphatic carbocycles. The highest BCUT2D eigenvalue weighted by molar-refractivity contribution is 6.74. The third kappa shape index (κ3) is 3.15. The van der Waals surface area contributed by atoms with Gasteiger partial charge in [-0.2, -0.15) is 0 Å². The number of hydrogen-bond donors (Lipinski definition) is 0. The Balaban J connectivity index is 2.52. The first-order valence-corrected chi connectivity index (χ1v) is 8.80. The molecule has 0 aliphatic heterocycles. The quantitative estimate of drug-likeness (QED) is 0.547. The summed E-state index contributed by atoms with van der Waals surface area (Å²) in [6.07, 6.45) is 4.45. The van der Waals surface area contributed by atoms with Gasteiger partial charge in [-0.25, -0.2) is 0 Å². The average molecular weight is 228 g/mol. The van der Waals surface area contributed by atoms with Crippen molar-refractivity contribution in [1.29, 1.82) is 0 Å². The van der Waals surface area contributed by atoms with E-state index in [1.54, 1.807) is 0 Å². The normalized spacial score (nSPS) is 28.1. The molecule has 0 amide bonds. The van der Waals surface area contributed by atoms with Crippen molar-refractivity contribution in [2.45, 2.75) is 64.3 Å². The zero-order valence-electron chi connectivity index (χ0n) is 10.7. The van der Waals surface area contributed by atoms with Crippen LogP contribution in [0.1, 0.15) is 40.0 Å². The molecule has 2 unspecified atom stereocenters. The minimum atomic E-state index is -1.63. The summed E-state index contributed by atoms with van der Waals surface area (Å²) in [5.74, 6) is 0.250. The Morgan fingerprint density at radius 1 is 1.27 bits per heavy atom. The molecule has 1 saturated carbocycles. The maximum Gasteiger partial charge on any atom is 0.192 e. The molecule has 0 radical (unpaired) electrons. The van der Waals surface area contributed by atoms with Crippen LogP contribution in [-0.4, -0.2) is 20.7 Å². The zero-order valence-corrected chi connectivity index (χ0v) is 11.7. The summed E-state index contributed by atoms with van der Waals surface area (Å²) >= 11 is 0. The molecule has 1 aliphatic rings. The highest BCUT2D eigenvalue weighted by Gasteiger charge is 2.40. The summed E-state index contributed by atoms with van der Waals surface area (Å²) in [6.45, 7) is 11.3. The van der Waals surface area contributed by atoms with Crippen LogP contribution >= 0.6 is 0 Å². The molecule has 0 bridgehead atoms. The molecule has 1 fully saturated rings. The van der Waals surface area contributed by atoms with Crippen LogP contribution in [0.5, 0.6) is 0 Å². The van der Waals surface area contributed by atoms with Crippen molar-refractivity contribution in [3.8, 4) is 0 Å². The van der Waals surface area contributed by atoms with Gasteiger partial charge in [0.2, 0.25) is 0 Å². The fourth-order valence-corrected chi connectivity index (χ4v) is 3.20. The van der Waals surface area contributed by atoms with E-state index >= 15 is 0 Å². The molecular formula is C12H24O2Si. The Morgan fingerprint density at radius 2 is 1.87 bits per heavy atom. The van der Waals surface area contributed by atoms with E-state index in [1.165, 1.54) is 0 Å². The van der Waals surface area contributed by atoms with Gasteiger partial charge in [-0.15, -0.1) is 0 Å². The Bertz CT molecular complexity index is 230. The van der Waals surface area contributed by atoms with Crippen LogP contribution in [0.2, 0.25) is 18.1 Å². The molecule has 0 N–H and O–H groups in total. The van der Waals surface area contributed by atoms with E-state index in [-0.39, 0.29) is 11.0 Å². The highest BCUT2D eigenvalue weighted by Crippen LogP contribution is 2.40. The molecular weight excluding hydrogens is 204 g/mol. The van der Waals surface area contributed by atoms with Crippen molar-refractivity contribution in [2.24, 2.45) is 5.92 Å². The van der Waals surface area contributed by atoms with Gasteiger partial charge >= 0.3 is 0 Å². The van der Waals surface area contributed by atoms with E-state index in [4.69, 9.17) is 4.43 Å². The van der Waals surface area contributed by atoms with Crippen molar-refractivity contribution in [2.75, 3.05) is 0 Å². The predicted molar refractivity (Wildman–Crippen MR) is 65.5 cm³/mol. The Kier molecular flexibility index (Phi) is 3.77. The first-order chi connectivity index (χ1) is 6.76. The molecule has 0 aromatic rings. The molecule has 1 rings (SSSR count). The molecule has 88 valence electrons. The largest absolute Gasteiger partial charge is 0.414 e. The van der Waals surface area contributed by atoms with Crippen LogP contribution in [0.15, 0.2) is 0 Å². The van der Waals surface area contributed by atoms with Crippen LogP contribution in [0.4, 0.5) is 0 Å². The monoisotopic (exact) mass is 228 g/mol. The SMILES string of the molecule is CC(C)(C)[Si](C)(C)OC1CCC(C=O)C1. The van der Waals surface area contributed by atoms with Gasteiger partial charge in [0.15, 0.2) is 8.32 Å². The summed E-state index contributed by atoms with van der Waals surface area (Å²) in [6, 6.07) is 0. The lowest BCUT2D eigenvalue weighted by molar-refractivity contribution is -0.111. The van der Waals surface area contributed by atoms with E-state index < -0.39 is 8.32 Å². The number of aldehydes is 1. The van der Waals surface area contributed by atoms with Gasteiger partial charge in [-0.05, 0) is 37.4 Å². The fraction of sp³-hybridized carbons (Fsp3) is 0.917. The smallest absolute Gasteiger partial charge is 0.192 e. The molecule has 0 aromatic carbocycles. The second-order valence-electron chi connectivity index (χ2n) is 6.21. The third-order valence-corrected chi connectivity index (χ3v) is 8.42. The Morgan fingerprint density at radius 3 is 2.27 bits per heavy atom. The minimum absolute atomic E-state index is 0.250.